The van der Waals surface area contributed by atoms with Gasteiger partial charge in [0.25, 0.3) is 10.0 Å². The van der Waals surface area contributed by atoms with Gasteiger partial charge in [0.15, 0.2) is 0 Å². The lowest BCUT2D eigenvalue weighted by atomic mass is 10.2. The minimum atomic E-state index is -3.57. The SMILES string of the molecule is Cc1ccc(S(=O)(=O)N2CCc3cc(F)ccc32)cc1. The number of fused-ring (bicyclic) bond motifs is 1. The summed E-state index contributed by atoms with van der Waals surface area (Å²) in [4.78, 5) is 0.264. The Morgan fingerprint density at radius 3 is 2.50 bits per heavy atom. The van der Waals surface area contributed by atoms with Gasteiger partial charge in [0.05, 0.1) is 10.6 Å². The van der Waals surface area contributed by atoms with Crippen molar-refractivity contribution < 1.29 is 12.8 Å². The number of aryl methyl sites for hydroxylation is 1. The second-order valence-electron chi connectivity index (χ2n) is 4.91. The molecule has 5 heteroatoms. The van der Waals surface area contributed by atoms with Crippen molar-refractivity contribution >= 4 is 15.7 Å². The molecule has 2 aromatic rings. The molecule has 0 amide bonds. The van der Waals surface area contributed by atoms with Gasteiger partial charge in [-0.3, -0.25) is 4.31 Å². The molecule has 1 aliphatic heterocycles. The van der Waals surface area contributed by atoms with Gasteiger partial charge in [0.2, 0.25) is 0 Å². The minimum Gasteiger partial charge on any atom is -0.266 e. The molecule has 0 aromatic heterocycles. The molecular formula is C15H14FNO2S. The van der Waals surface area contributed by atoms with Crippen molar-refractivity contribution in [1.82, 2.24) is 0 Å². The fourth-order valence-electron chi connectivity index (χ4n) is 2.43. The molecule has 0 saturated carbocycles. The molecule has 3 rings (SSSR count). The highest BCUT2D eigenvalue weighted by Crippen LogP contribution is 2.33. The maximum Gasteiger partial charge on any atom is 0.264 e. The summed E-state index contributed by atoms with van der Waals surface area (Å²) in [5.74, 6) is -0.335. The fourth-order valence-corrected chi connectivity index (χ4v) is 3.93. The number of nitrogens with zero attached hydrogens (tertiary/aromatic N) is 1. The van der Waals surface area contributed by atoms with E-state index in [1.165, 1.54) is 22.5 Å². The van der Waals surface area contributed by atoms with E-state index in [1.54, 1.807) is 24.3 Å². The molecule has 0 saturated heterocycles. The van der Waals surface area contributed by atoms with Crippen LogP contribution < -0.4 is 4.31 Å². The van der Waals surface area contributed by atoms with Gasteiger partial charge in [0, 0.05) is 6.54 Å². The van der Waals surface area contributed by atoms with E-state index in [2.05, 4.69) is 0 Å². The minimum absolute atomic E-state index is 0.264. The van der Waals surface area contributed by atoms with Crippen molar-refractivity contribution in [2.24, 2.45) is 0 Å². The van der Waals surface area contributed by atoms with Crippen LogP contribution in [0.25, 0.3) is 0 Å². The Hall–Kier alpha value is -1.88. The first-order valence-corrected chi connectivity index (χ1v) is 7.80. The molecule has 0 atom stereocenters. The van der Waals surface area contributed by atoms with Gasteiger partial charge in [-0.05, 0) is 49.2 Å². The largest absolute Gasteiger partial charge is 0.266 e. The van der Waals surface area contributed by atoms with Crippen molar-refractivity contribution in [2.45, 2.75) is 18.2 Å². The third-order valence-corrected chi connectivity index (χ3v) is 5.33. The van der Waals surface area contributed by atoms with Crippen LogP contribution in [0.3, 0.4) is 0 Å². The first-order chi connectivity index (χ1) is 9.48. The topological polar surface area (TPSA) is 37.4 Å². The monoisotopic (exact) mass is 291 g/mol. The summed E-state index contributed by atoms with van der Waals surface area (Å²) in [6.07, 6.45) is 0.540. The molecule has 20 heavy (non-hydrogen) atoms. The second kappa shape index (κ2) is 4.59. The molecule has 1 aliphatic rings. The van der Waals surface area contributed by atoms with Crippen molar-refractivity contribution in [3.05, 3.63) is 59.4 Å². The van der Waals surface area contributed by atoms with Gasteiger partial charge in [-0.2, -0.15) is 0 Å². The van der Waals surface area contributed by atoms with Crippen LogP contribution in [0.1, 0.15) is 11.1 Å². The zero-order chi connectivity index (χ0) is 14.3. The molecule has 104 valence electrons. The van der Waals surface area contributed by atoms with E-state index in [-0.39, 0.29) is 10.7 Å². The molecule has 0 fully saturated rings. The molecule has 3 nitrogen and oxygen atoms in total. The number of anilines is 1. The maximum absolute atomic E-state index is 13.2. The van der Waals surface area contributed by atoms with Crippen molar-refractivity contribution in [2.75, 3.05) is 10.8 Å². The Labute approximate surface area is 117 Å². The van der Waals surface area contributed by atoms with E-state index >= 15 is 0 Å². The smallest absolute Gasteiger partial charge is 0.264 e. The first-order valence-electron chi connectivity index (χ1n) is 6.36. The van der Waals surface area contributed by atoms with Crippen LogP contribution in [0.2, 0.25) is 0 Å². The maximum atomic E-state index is 13.2. The Morgan fingerprint density at radius 2 is 1.80 bits per heavy atom. The summed E-state index contributed by atoms with van der Waals surface area (Å²) < 4.78 is 39.8. The molecule has 0 radical (unpaired) electrons. The van der Waals surface area contributed by atoms with Gasteiger partial charge in [-0.1, -0.05) is 17.7 Å². The van der Waals surface area contributed by atoms with Crippen molar-refractivity contribution in [3.63, 3.8) is 0 Å². The number of benzene rings is 2. The normalized spacial score (nSPS) is 14.4. The number of halogens is 1. The van der Waals surface area contributed by atoms with Crippen molar-refractivity contribution in [1.29, 1.82) is 0 Å². The molecule has 2 aromatic carbocycles. The number of sulfonamides is 1. The second-order valence-corrected chi connectivity index (χ2v) is 6.78. The predicted molar refractivity (Wildman–Crippen MR) is 75.8 cm³/mol. The van der Waals surface area contributed by atoms with Crippen LogP contribution in [0, 0.1) is 12.7 Å². The van der Waals surface area contributed by atoms with E-state index in [1.807, 2.05) is 6.92 Å². The van der Waals surface area contributed by atoms with E-state index in [4.69, 9.17) is 0 Å². The third-order valence-electron chi connectivity index (χ3n) is 3.50. The zero-order valence-electron chi connectivity index (χ0n) is 11.0. The predicted octanol–water partition coefficient (Wildman–Crippen LogP) is 2.89. The Balaban J connectivity index is 2.05. The summed E-state index contributed by atoms with van der Waals surface area (Å²) in [6, 6.07) is 11.0. The first kappa shape index (κ1) is 13.1. The van der Waals surface area contributed by atoms with E-state index in [0.29, 0.717) is 18.7 Å². The molecule has 0 aliphatic carbocycles. The molecular weight excluding hydrogens is 277 g/mol. The lowest BCUT2D eigenvalue weighted by Crippen LogP contribution is -2.29. The summed E-state index contributed by atoms with van der Waals surface area (Å²) in [5.41, 5.74) is 2.32. The van der Waals surface area contributed by atoms with E-state index in [9.17, 15) is 12.8 Å². The van der Waals surface area contributed by atoms with Crippen LogP contribution in [-0.4, -0.2) is 15.0 Å². The van der Waals surface area contributed by atoms with Crippen molar-refractivity contribution in [3.8, 4) is 0 Å². The lowest BCUT2D eigenvalue weighted by Gasteiger charge is -2.19. The number of rotatable bonds is 2. The molecule has 0 spiro atoms. The van der Waals surface area contributed by atoms with Gasteiger partial charge in [0.1, 0.15) is 5.82 Å². The van der Waals surface area contributed by atoms with Crippen LogP contribution in [0.4, 0.5) is 10.1 Å². The molecule has 0 unspecified atom stereocenters. The molecule has 1 heterocycles. The zero-order valence-corrected chi connectivity index (χ0v) is 11.8. The highest BCUT2D eigenvalue weighted by Gasteiger charge is 2.30. The number of hydrogen-bond acceptors (Lipinski definition) is 2. The number of hydrogen-bond donors (Lipinski definition) is 0. The van der Waals surface area contributed by atoms with E-state index < -0.39 is 10.0 Å². The highest BCUT2D eigenvalue weighted by atomic mass is 32.2. The summed E-state index contributed by atoms with van der Waals surface area (Å²) in [5, 5.41) is 0. The highest BCUT2D eigenvalue weighted by molar-refractivity contribution is 7.92. The molecule has 0 N–H and O–H groups in total. The Morgan fingerprint density at radius 1 is 1.10 bits per heavy atom. The summed E-state index contributed by atoms with van der Waals surface area (Å²) >= 11 is 0. The Bertz CT molecular complexity index is 754. The standard InChI is InChI=1S/C15H14FNO2S/c1-11-2-5-14(6-3-11)20(18,19)17-9-8-12-10-13(16)4-7-15(12)17/h2-7,10H,8-9H2,1H3. The van der Waals surface area contributed by atoms with Gasteiger partial charge in [-0.25, -0.2) is 12.8 Å². The fraction of sp³-hybridized carbons (Fsp3) is 0.200. The van der Waals surface area contributed by atoms with Crippen LogP contribution in [0.15, 0.2) is 47.4 Å². The summed E-state index contributed by atoms with van der Waals surface area (Å²) in [7, 11) is -3.57. The molecule has 0 bridgehead atoms. The van der Waals surface area contributed by atoms with E-state index in [0.717, 1.165) is 11.1 Å². The van der Waals surface area contributed by atoms with Crippen LogP contribution >= 0.6 is 0 Å². The average Bonchev–Trinajstić information content (AvgIpc) is 2.82. The van der Waals surface area contributed by atoms with Gasteiger partial charge < -0.3 is 0 Å². The van der Waals surface area contributed by atoms with Crippen LogP contribution in [-0.2, 0) is 16.4 Å². The lowest BCUT2D eigenvalue weighted by molar-refractivity contribution is 0.592. The average molecular weight is 291 g/mol. The van der Waals surface area contributed by atoms with Gasteiger partial charge in [-0.15, -0.1) is 0 Å². The quantitative estimate of drug-likeness (QED) is 0.853. The third kappa shape index (κ3) is 2.08. The Kier molecular flexibility index (Phi) is 3.01. The van der Waals surface area contributed by atoms with Crippen LogP contribution in [0.5, 0.6) is 0 Å². The van der Waals surface area contributed by atoms with Gasteiger partial charge >= 0.3 is 0 Å². The summed E-state index contributed by atoms with van der Waals surface area (Å²) in [6.45, 7) is 2.26.